The van der Waals surface area contributed by atoms with Gasteiger partial charge in [-0.15, -0.1) is 0 Å². The molecule has 0 radical (unpaired) electrons. The maximum absolute atomic E-state index is 2.64. The van der Waals surface area contributed by atoms with E-state index in [-0.39, 0.29) is 0 Å². The molecular formula is C22H38. The molecule has 4 aliphatic carbocycles. The summed E-state index contributed by atoms with van der Waals surface area (Å²) in [5.74, 6) is 10.5. The van der Waals surface area contributed by atoms with Gasteiger partial charge in [-0.1, -0.05) is 53.4 Å². The highest BCUT2D eigenvalue weighted by molar-refractivity contribution is 5.03. The van der Waals surface area contributed by atoms with Crippen molar-refractivity contribution in [3.8, 4) is 0 Å². The monoisotopic (exact) mass is 302 g/mol. The number of hydrogen-bond acceptors (Lipinski definition) is 0. The van der Waals surface area contributed by atoms with Gasteiger partial charge in [0.05, 0.1) is 0 Å². The summed E-state index contributed by atoms with van der Waals surface area (Å²) in [7, 11) is 0. The van der Waals surface area contributed by atoms with E-state index in [1.165, 1.54) is 25.7 Å². The molecule has 0 heterocycles. The number of hydrogen-bond donors (Lipinski definition) is 0. The van der Waals surface area contributed by atoms with Crippen LogP contribution in [0.3, 0.4) is 0 Å². The van der Waals surface area contributed by atoms with Crippen LogP contribution in [0.4, 0.5) is 0 Å². The van der Waals surface area contributed by atoms with Crippen LogP contribution in [0.25, 0.3) is 0 Å². The molecule has 0 aliphatic heterocycles. The van der Waals surface area contributed by atoms with Crippen LogP contribution in [0.5, 0.6) is 0 Å². The van der Waals surface area contributed by atoms with Gasteiger partial charge in [-0.05, 0) is 84.9 Å². The lowest BCUT2D eigenvalue weighted by Crippen LogP contribution is -2.54. The number of fused-ring (bicyclic) bond motifs is 5. The average molecular weight is 303 g/mol. The van der Waals surface area contributed by atoms with Crippen molar-refractivity contribution in [3.63, 3.8) is 0 Å². The second-order valence-corrected chi connectivity index (χ2v) is 10.1. The third-order valence-electron chi connectivity index (χ3n) is 8.99. The summed E-state index contributed by atoms with van der Waals surface area (Å²) in [6.07, 6.45) is 12.4. The van der Waals surface area contributed by atoms with Crippen molar-refractivity contribution in [2.45, 2.75) is 79.1 Å². The Morgan fingerprint density at radius 2 is 0.864 bits per heavy atom. The van der Waals surface area contributed by atoms with Gasteiger partial charge in [-0.2, -0.15) is 0 Å². The van der Waals surface area contributed by atoms with Gasteiger partial charge in [0.15, 0.2) is 0 Å². The van der Waals surface area contributed by atoms with Crippen LogP contribution >= 0.6 is 0 Å². The molecule has 0 nitrogen and oxygen atoms in total. The Kier molecular flexibility index (Phi) is 4.10. The first-order valence-corrected chi connectivity index (χ1v) is 10.6. The van der Waals surface area contributed by atoms with Crippen LogP contribution < -0.4 is 0 Å². The fraction of sp³-hybridized carbons (Fsp3) is 1.00. The summed E-state index contributed by atoms with van der Waals surface area (Å²) in [6, 6.07) is 0. The molecule has 4 rings (SSSR count). The number of rotatable bonds is 0. The van der Waals surface area contributed by atoms with Crippen molar-refractivity contribution in [2.75, 3.05) is 0 Å². The zero-order valence-corrected chi connectivity index (χ0v) is 15.4. The molecule has 0 saturated heterocycles. The van der Waals surface area contributed by atoms with Crippen molar-refractivity contribution in [1.29, 1.82) is 0 Å². The standard InChI is InChI=1S/C22H38/c1-13-7-5-9-17-19(13)11-15(3)22-18-10-6-8-14(2)20(18)12-16(4)21(17)22/h13-22H,5-12H2,1-4H3. The first-order valence-electron chi connectivity index (χ1n) is 10.6. The lowest BCUT2D eigenvalue weighted by atomic mass is 9.44. The molecule has 10 unspecified atom stereocenters. The Hall–Kier alpha value is 0. The molecule has 0 aromatic carbocycles. The van der Waals surface area contributed by atoms with Crippen LogP contribution in [-0.4, -0.2) is 0 Å². The highest BCUT2D eigenvalue weighted by Crippen LogP contribution is 2.61. The SMILES string of the molecule is CC1CCCC2C1CC(C)C1C3CCCC(C)C3CC(C)C21. The Balaban J connectivity index is 1.65. The predicted octanol–water partition coefficient (Wildman–Crippen LogP) is 6.40. The van der Waals surface area contributed by atoms with Crippen LogP contribution in [-0.2, 0) is 0 Å². The Labute approximate surface area is 138 Å². The van der Waals surface area contributed by atoms with Crippen LogP contribution in [0.2, 0.25) is 0 Å². The van der Waals surface area contributed by atoms with Crippen molar-refractivity contribution in [1.82, 2.24) is 0 Å². The van der Waals surface area contributed by atoms with E-state index in [4.69, 9.17) is 0 Å². The lowest BCUT2D eigenvalue weighted by molar-refractivity contribution is -0.119. The Bertz CT molecular complexity index is 361. The quantitative estimate of drug-likeness (QED) is 0.485. The highest BCUT2D eigenvalue weighted by atomic mass is 14.6. The van der Waals surface area contributed by atoms with Gasteiger partial charge in [0.2, 0.25) is 0 Å². The second-order valence-electron chi connectivity index (χ2n) is 10.1. The molecule has 0 heteroatoms. The molecule has 22 heavy (non-hydrogen) atoms. The van der Waals surface area contributed by atoms with Gasteiger partial charge in [-0.25, -0.2) is 0 Å². The van der Waals surface area contributed by atoms with Crippen molar-refractivity contribution in [3.05, 3.63) is 0 Å². The fourth-order valence-corrected chi connectivity index (χ4v) is 8.17. The summed E-state index contributed by atoms with van der Waals surface area (Å²) in [4.78, 5) is 0. The van der Waals surface area contributed by atoms with E-state index in [0.717, 1.165) is 59.2 Å². The molecule has 10 atom stereocenters. The smallest absolute Gasteiger partial charge is 0.0323 e. The fourth-order valence-electron chi connectivity index (χ4n) is 8.17. The summed E-state index contributed by atoms with van der Waals surface area (Å²) in [6.45, 7) is 10.4. The molecular weight excluding hydrogens is 264 g/mol. The van der Waals surface area contributed by atoms with Crippen molar-refractivity contribution in [2.24, 2.45) is 59.2 Å². The summed E-state index contributed by atoms with van der Waals surface area (Å²) in [5.41, 5.74) is 0. The molecule has 0 aromatic rings. The van der Waals surface area contributed by atoms with Crippen LogP contribution in [0, 0.1) is 59.2 Å². The molecule has 0 bridgehead atoms. The van der Waals surface area contributed by atoms with Gasteiger partial charge < -0.3 is 0 Å². The largest absolute Gasteiger partial charge is 0.0622 e. The van der Waals surface area contributed by atoms with Crippen molar-refractivity contribution >= 4 is 0 Å². The van der Waals surface area contributed by atoms with E-state index in [0.29, 0.717) is 0 Å². The molecule has 4 saturated carbocycles. The second kappa shape index (κ2) is 5.82. The Morgan fingerprint density at radius 1 is 0.455 bits per heavy atom. The van der Waals surface area contributed by atoms with E-state index in [1.807, 2.05) is 0 Å². The third kappa shape index (κ3) is 2.30. The molecule has 4 aliphatic rings. The van der Waals surface area contributed by atoms with Gasteiger partial charge in [0.25, 0.3) is 0 Å². The maximum atomic E-state index is 2.64. The van der Waals surface area contributed by atoms with E-state index in [9.17, 15) is 0 Å². The molecule has 0 amide bonds. The van der Waals surface area contributed by atoms with Crippen LogP contribution in [0.15, 0.2) is 0 Å². The van der Waals surface area contributed by atoms with Gasteiger partial charge in [-0.3, -0.25) is 0 Å². The highest BCUT2D eigenvalue weighted by Gasteiger charge is 2.54. The third-order valence-corrected chi connectivity index (χ3v) is 8.99. The van der Waals surface area contributed by atoms with E-state index >= 15 is 0 Å². The zero-order valence-electron chi connectivity index (χ0n) is 15.4. The first kappa shape index (κ1) is 15.5. The van der Waals surface area contributed by atoms with Crippen LogP contribution in [0.1, 0.15) is 79.1 Å². The van der Waals surface area contributed by atoms with Gasteiger partial charge in [0.1, 0.15) is 0 Å². The molecule has 0 N–H and O–H groups in total. The summed E-state index contributed by atoms with van der Waals surface area (Å²) >= 11 is 0. The normalized spacial score (nSPS) is 58.4. The zero-order chi connectivity index (χ0) is 15.4. The topological polar surface area (TPSA) is 0 Å². The predicted molar refractivity (Wildman–Crippen MR) is 94.5 cm³/mol. The minimum absolute atomic E-state index is 1.01. The molecule has 126 valence electrons. The minimum Gasteiger partial charge on any atom is -0.0622 e. The molecule has 4 fully saturated rings. The summed E-state index contributed by atoms with van der Waals surface area (Å²) < 4.78 is 0. The lowest BCUT2D eigenvalue weighted by Gasteiger charge is -2.60. The molecule has 0 aromatic heterocycles. The van der Waals surface area contributed by atoms with E-state index in [2.05, 4.69) is 27.7 Å². The first-order chi connectivity index (χ1) is 10.6. The van der Waals surface area contributed by atoms with Crippen molar-refractivity contribution < 1.29 is 0 Å². The Morgan fingerprint density at radius 3 is 1.27 bits per heavy atom. The van der Waals surface area contributed by atoms with E-state index in [1.54, 1.807) is 25.7 Å². The molecule has 0 spiro atoms. The van der Waals surface area contributed by atoms with Gasteiger partial charge >= 0.3 is 0 Å². The minimum atomic E-state index is 1.01. The van der Waals surface area contributed by atoms with Gasteiger partial charge in [0, 0.05) is 0 Å². The van der Waals surface area contributed by atoms with E-state index < -0.39 is 0 Å². The maximum Gasteiger partial charge on any atom is -0.0323 e. The average Bonchev–Trinajstić information content (AvgIpc) is 2.49. The summed E-state index contributed by atoms with van der Waals surface area (Å²) in [5, 5.41) is 0.